The molecule has 2 rings (SSSR count). The number of methoxy groups -OCH3 is 1. The summed E-state index contributed by atoms with van der Waals surface area (Å²) in [6, 6.07) is 7.36. The zero-order chi connectivity index (χ0) is 14.7. The molecule has 0 amide bonds. The molecule has 5 heteroatoms. The number of carbonyl (C=O) groups is 1. The average molecular weight is 274 g/mol. The molecule has 1 aromatic carbocycles. The monoisotopic (exact) mass is 274 g/mol. The quantitative estimate of drug-likeness (QED) is 0.840. The van der Waals surface area contributed by atoms with Gasteiger partial charge in [0.1, 0.15) is 5.56 Å². The lowest BCUT2D eigenvalue weighted by Gasteiger charge is -2.14. The van der Waals surface area contributed by atoms with Crippen LogP contribution >= 0.6 is 0 Å². The first-order valence-corrected chi connectivity index (χ1v) is 6.51. The van der Waals surface area contributed by atoms with Crippen molar-refractivity contribution in [2.75, 3.05) is 19.0 Å². The fourth-order valence-electron chi connectivity index (χ4n) is 2.03. The number of carbonyl (C=O) groups excluding carboxylic acids is 1. The van der Waals surface area contributed by atoms with Crippen LogP contribution in [0, 0.1) is 5.92 Å². The van der Waals surface area contributed by atoms with E-state index >= 15 is 0 Å². The van der Waals surface area contributed by atoms with Gasteiger partial charge in [0.25, 0.3) is 5.56 Å². The van der Waals surface area contributed by atoms with Crippen LogP contribution in [-0.2, 0) is 4.74 Å². The fraction of sp³-hybridized carbons (Fsp3) is 0.333. The smallest absolute Gasteiger partial charge is 0.345 e. The lowest BCUT2D eigenvalue weighted by Crippen LogP contribution is -2.23. The Labute approximate surface area is 117 Å². The van der Waals surface area contributed by atoms with Gasteiger partial charge < -0.3 is 15.0 Å². The molecule has 0 aliphatic rings. The number of aromatic nitrogens is 1. The number of nitrogens with one attached hydrogen (secondary N) is 2. The van der Waals surface area contributed by atoms with E-state index in [-0.39, 0.29) is 5.56 Å². The van der Waals surface area contributed by atoms with Crippen molar-refractivity contribution in [3.63, 3.8) is 0 Å². The molecule has 20 heavy (non-hydrogen) atoms. The molecule has 1 aromatic heterocycles. The second-order valence-corrected chi connectivity index (χ2v) is 5.02. The van der Waals surface area contributed by atoms with Gasteiger partial charge in [0, 0.05) is 11.9 Å². The molecule has 0 fully saturated rings. The number of benzene rings is 1. The third-order valence-corrected chi connectivity index (χ3v) is 3.00. The Morgan fingerprint density at radius 2 is 2.05 bits per heavy atom. The van der Waals surface area contributed by atoms with Crippen LogP contribution < -0.4 is 10.9 Å². The number of H-pyrrole nitrogens is 1. The van der Waals surface area contributed by atoms with Crippen molar-refractivity contribution in [1.29, 1.82) is 0 Å². The summed E-state index contributed by atoms with van der Waals surface area (Å²) in [6.45, 7) is 4.78. The summed E-state index contributed by atoms with van der Waals surface area (Å²) in [7, 11) is 1.27. The van der Waals surface area contributed by atoms with E-state index in [0.29, 0.717) is 23.7 Å². The van der Waals surface area contributed by atoms with Crippen molar-refractivity contribution < 1.29 is 9.53 Å². The molecule has 0 aliphatic carbocycles. The van der Waals surface area contributed by atoms with E-state index in [0.717, 1.165) is 5.39 Å². The number of esters is 1. The Morgan fingerprint density at radius 3 is 2.70 bits per heavy atom. The molecule has 0 radical (unpaired) electrons. The van der Waals surface area contributed by atoms with Crippen LogP contribution in [0.5, 0.6) is 0 Å². The Morgan fingerprint density at radius 1 is 1.35 bits per heavy atom. The average Bonchev–Trinajstić information content (AvgIpc) is 2.43. The molecular weight excluding hydrogens is 256 g/mol. The summed E-state index contributed by atoms with van der Waals surface area (Å²) in [4.78, 5) is 26.7. The summed E-state index contributed by atoms with van der Waals surface area (Å²) in [5, 5.41) is 3.99. The topological polar surface area (TPSA) is 71.2 Å². The van der Waals surface area contributed by atoms with Gasteiger partial charge in [-0.1, -0.05) is 32.0 Å². The molecule has 0 spiro atoms. The third-order valence-electron chi connectivity index (χ3n) is 3.00. The van der Waals surface area contributed by atoms with Gasteiger partial charge in [-0.2, -0.15) is 0 Å². The highest BCUT2D eigenvalue weighted by atomic mass is 16.5. The van der Waals surface area contributed by atoms with E-state index in [1.54, 1.807) is 6.07 Å². The van der Waals surface area contributed by atoms with E-state index < -0.39 is 11.5 Å². The van der Waals surface area contributed by atoms with Crippen LogP contribution in [0.4, 0.5) is 5.69 Å². The Hall–Kier alpha value is -2.30. The maximum Gasteiger partial charge on any atom is 0.345 e. The number of para-hydroxylation sites is 1. The second-order valence-electron chi connectivity index (χ2n) is 5.02. The Bertz CT molecular complexity index is 689. The van der Waals surface area contributed by atoms with Gasteiger partial charge in [0.15, 0.2) is 0 Å². The van der Waals surface area contributed by atoms with Gasteiger partial charge in [-0.3, -0.25) is 4.79 Å². The molecule has 2 aromatic rings. The zero-order valence-electron chi connectivity index (χ0n) is 11.8. The SMILES string of the molecule is COC(=O)c1c(NCC(C)C)c2ccccc2[nH]c1=O. The predicted octanol–water partition coefficient (Wildman–Crippen LogP) is 2.38. The van der Waals surface area contributed by atoms with Crippen molar-refractivity contribution >= 4 is 22.6 Å². The maximum atomic E-state index is 12.1. The van der Waals surface area contributed by atoms with Crippen LogP contribution in [0.3, 0.4) is 0 Å². The molecule has 2 N–H and O–H groups in total. The number of aromatic amines is 1. The van der Waals surface area contributed by atoms with E-state index in [1.165, 1.54) is 7.11 Å². The fourth-order valence-corrected chi connectivity index (χ4v) is 2.03. The molecule has 0 bridgehead atoms. The van der Waals surface area contributed by atoms with Gasteiger partial charge in [-0.25, -0.2) is 4.79 Å². The van der Waals surface area contributed by atoms with Crippen LogP contribution in [-0.4, -0.2) is 24.6 Å². The largest absolute Gasteiger partial charge is 0.465 e. The number of rotatable bonds is 4. The number of ether oxygens (including phenoxy) is 1. The van der Waals surface area contributed by atoms with Crippen LogP contribution in [0.25, 0.3) is 10.9 Å². The molecule has 5 nitrogen and oxygen atoms in total. The molecule has 0 aliphatic heterocycles. The lowest BCUT2D eigenvalue weighted by atomic mass is 10.1. The third kappa shape index (κ3) is 2.66. The highest BCUT2D eigenvalue weighted by Crippen LogP contribution is 2.24. The van der Waals surface area contributed by atoms with Gasteiger partial charge in [-0.15, -0.1) is 0 Å². The minimum atomic E-state index is -0.636. The first-order valence-electron chi connectivity index (χ1n) is 6.51. The standard InChI is InChI=1S/C15H18N2O3/c1-9(2)8-16-13-10-6-4-5-7-11(10)17-14(18)12(13)15(19)20-3/h4-7,9H,8H2,1-3H3,(H2,16,17,18). The van der Waals surface area contributed by atoms with Crippen molar-refractivity contribution in [2.45, 2.75) is 13.8 Å². The normalized spacial score (nSPS) is 10.8. The molecule has 106 valence electrons. The Balaban J connectivity index is 2.68. The van der Waals surface area contributed by atoms with Gasteiger partial charge >= 0.3 is 5.97 Å². The summed E-state index contributed by atoms with van der Waals surface area (Å²) in [6.07, 6.45) is 0. The van der Waals surface area contributed by atoms with E-state index in [2.05, 4.69) is 24.1 Å². The zero-order valence-corrected chi connectivity index (χ0v) is 11.8. The van der Waals surface area contributed by atoms with E-state index in [4.69, 9.17) is 4.74 Å². The molecule has 0 unspecified atom stereocenters. The number of anilines is 1. The van der Waals surface area contributed by atoms with Crippen molar-refractivity contribution in [1.82, 2.24) is 4.98 Å². The van der Waals surface area contributed by atoms with Gasteiger partial charge in [0.2, 0.25) is 0 Å². The lowest BCUT2D eigenvalue weighted by molar-refractivity contribution is 0.0600. The van der Waals surface area contributed by atoms with Crippen molar-refractivity contribution in [2.24, 2.45) is 5.92 Å². The number of hydrogen-bond acceptors (Lipinski definition) is 4. The van der Waals surface area contributed by atoms with E-state index in [9.17, 15) is 9.59 Å². The predicted molar refractivity (Wildman–Crippen MR) is 79.2 cm³/mol. The van der Waals surface area contributed by atoms with Crippen molar-refractivity contribution in [3.8, 4) is 0 Å². The first kappa shape index (κ1) is 14.1. The molecule has 0 saturated carbocycles. The first-order chi connectivity index (χ1) is 9.54. The number of fused-ring (bicyclic) bond motifs is 1. The summed E-state index contributed by atoms with van der Waals surface area (Å²) in [5.74, 6) is -0.248. The van der Waals surface area contributed by atoms with Crippen LogP contribution in [0.15, 0.2) is 29.1 Å². The number of hydrogen-bond donors (Lipinski definition) is 2. The maximum absolute atomic E-state index is 12.1. The van der Waals surface area contributed by atoms with E-state index in [1.807, 2.05) is 18.2 Å². The van der Waals surface area contributed by atoms with Crippen molar-refractivity contribution in [3.05, 3.63) is 40.2 Å². The van der Waals surface area contributed by atoms with Crippen LogP contribution in [0.1, 0.15) is 24.2 Å². The minimum absolute atomic E-state index is 0.0202. The summed E-state index contributed by atoms with van der Waals surface area (Å²) >= 11 is 0. The van der Waals surface area contributed by atoms with Gasteiger partial charge in [0.05, 0.1) is 18.3 Å². The highest BCUT2D eigenvalue weighted by molar-refractivity contribution is 6.04. The molecular formula is C15H18N2O3. The van der Waals surface area contributed by atoms with Crippen LogP contribution in [0.2, 0.25) is 0 Å². The highest BCUT2D eigenvalue weighted by Gasteiger charge is 2.19. The second kappa shape index (κ2) is 5.77. The summed E-state index contributed by atoms with van der Waals surface area (Å²) < 4.78 is 4.71. The molecule has 1 heterocycles. The molecule has 0 saturated heterocycles. The van der Waals surface area contributed by atoms with Gasteiger partial charge in [-0.05, 0) is 12.0 Å². The summed E-state index contributed by atoms with van der Waals surface area (Å²) in [5.41, 5.74) is 0.801. The number of pyridine rings is 1. The Kier molecular flexibility index (Phi) is 4.08. The molecule has 0 atom stereocenters. The minimum Gasteiger partial charge on any atom is -0.465 e.